The zero-order chi connectivity index (χ0) is 15.4. The van der Waals surface area contributed by atoms with Crippen molar-refractivity contribution in [3.63, 3.8) is 0 Å². The average Bonchev–Trinajstić information content (AvgIpc) is 2.54. The van der Waals surface area contributed by atoms with Crippen molar-refractivity contribution in [1.82, 2.24) is 15.3 Å². The lowest BCUT2D eigenvalue weighted by atomic mass is 9.93. The Bertz CT molecular complexity index is 697. The second-order valence-corrected chi connectivity index (χ2v) is 5.39. The molecule has 5 heteroatoms. The second kappa shape index (κ2) is 6.39. The van der Waals surface area contributed by atoms with Crippen LogP contribution in [0.2, 0.25) is 0 Å². The van der Waals surface area contributed by atoms with Crippen LogP contribution in [0.4, 0.5) is 5.95 Å². The summed E-state index contributed by atoms with van der Waals surface area (Å²) in [7, 11) is 0. The summed E-state index contributed by atoms with van der Waals surface area (Å²) in [6.07, 6.45) is 7.58. The van der Waals surface area contributed by atoms with E-state index in [1.807, 2.05) is 36.4 Å². The van der Waals surface area contributed by atoms with E-state index in [0.29, 0.717) is 5.95 Å². The predicted octanol–water partition coefficient (Wildman–Crippen LogP) is 1.75. The summed E-state index contributed by atoms with van der Waals surface area (Å²) in [6, 6.07) is 9.88. The summed E-state index contributed by atoms with van der Waals surface area (Å²) in [5.41, 5.74) is 8.67. The van der Waals surface area contributed by atoms with Gasteiger partial charge in [-0.25, -0.2) is 9.97 Å². The average molecular weight is 294 g/mol. The smallest absolute Gasteiger partial charge is 0.244 e. The molecule has 2 aromatic rings. The molecule has 1 atom stereocenters. The van der Waals surface area contributed by atoms with Crippen LogP contribution >= 0.6 is 0 Å². The van der Waals surface area contributed by atoms with Crippen LogP contribution in [0.5, 0.6) is 0 Å². The van der Waals surface area contributed by atoms with Crippen molar-refractivity contribution < 1.29 is 4.79 Å². The highest BCUT2D eigenvalue weighted by atomic mass is 16.1. The van der Waals surface area contributed by atoms with Crippen molar-refractivity contribution in [3.8, 4) is 0 Å². The predicted molar refractivity (Wildman–Crippen MR) is 85.9 cm³/mol. The number of hydrogen-bond acceptors (Lipinski definition) is 4. The lowest BCUT2D eigenvalue weighted by Crippen LogP contribution is -2.38. The zero-order valence-corrected chi connectivity index (χ0v) is 12.2. The molecule has 1 amide bonds. The number of amides is 1. The van der Waals surface area contributed by atoms with Crippen molar-refractivity contribution in [1.29, 1.82) is 0 Å². The molecule has 1 aromatic carbocycles. The van der Waals surface area contributed by atoms with Crippen molar-refractivity contribution >= 4 is 17.9 Å². The number of anilines is 1. The second-order valence-electron chi connectivity index (χ2n) is 5.39. The number of fused-ring (bicyclic) bond motifs is 1. The molecule has 0 aliphatic heterocycles. The first-order valence-corrected chi connectivity index (χ1v) is 7.34. The minimum atomic E-state index is -0.0753. The third-order valence-electron chi connectivity index (χ3n) is 3.74. The maximum absolute atomic E-state index is 12.0. The summed E-state index contributed by atoms with van der Waals surface area (Å²) >= 11 is 0. The van der Waals surface area contributed by atoms with Crippen molar-refractivity contribution in [3.05, 3.63) is 59.4 Å². The van der Waals surface area contributed by atoms with Gasteiger partial charge in [-0.1, -0.05) is 30.3 Å². The van der Waals surface area contributed by atoms with E-state index in [4.69, 9.17) is 5.73 Å². The molecule has 0 radical (unpaired) electrons. The van der Waals surface area contributed by atoms with Gasteiger partial charge < -0.3 is 11.1 Å². The number of nitrogen functional groups attached to an aromatic ring is 1. The molecule has 0 saturated heterocycles. The van der Waals surface area contributed by atoms with E-state index in [0.717, 1.165) is 36.1 Å². The molecule has 1 aromatic heterocycles. The van der Waals surface area contributed by atoms with Crippen molar-refractivity contribution in [2.75, 3.05) is 5.73 Å². The van der Waals surface area contributed by atoms with Gasteiger partial charge in [0, 0.05) is 24.0 Å². The highest BCUT2D eigenvalue weighted by molar-refractivity contribution is 5.91. The Kier molecular flexibility index (Phi) is 4.14. The number of nitrogens with zero attached hydrogens (tertiary/aromatic N) is 2. The lowest BCUT2D eigenvalue weighted by Gasteiger charge is -2.24. The molecule has 112 valence electrons. The molecule has 3 rings (SSSR count). The molecule has 0 bridgehead atoms. The Labute approximate surface area is 129 Å². The number of hydrogen-bond donors (Lipinski definition) is 2. The van der Waals surface area contributed by atoms with Gasteiger partial charge in [-0.15, -0.1) is 0 Å². The van der Waals surface area contributed by atoms with Gasteiger partial charge in [-0.05, 0) is 36.5 Å². The number of aryl methyl sites for hydroxylation is 1. The Morgan fingerprint density at radius 3 is 2.95 bits per heavy atom. The molecule has 1 unspecified atom stereocenters. The quantitative estimate of drug-likeness (QED) is 0.845. The zero-order valence-electron chi connectivity index (χ0n) is 12.2. The topological polar surface area (TPSA) is 80.9 Å². The maximum Gasteiger partial charge on any atom is 0.244 e. The molecule has 0 saturated carbocycles. The van der Waals surface area contributed by atoms with E-state index in [1.165, 1.54) is 0 Å². The third kappa shape index (κ3) is 3.49. The number of carbonyl (C=O) groups excluding carboxylic acids is 1. The molecule has 0 spiro atoms. The first-order chi connectivity index (χ1) is 10.7. The van der Waals surface area contributed by atoms with Gasteiger partial charge in [0.05, 0.1) is 0 Å². The number of nitrogens with one attached hydrogen (secondary N) is 1. The summed E-state index contributed by atoms with van der Waals surface area (Å²) in [5.74, 6) is 0.237. The van der Waals surface area contributed by atoms with E-state index in [1.54, 1.807) is 12.3 Å². The number of carbonyl (C=O) groups is 1. The van der Waals surface area contributed by atoms with Crippen molar-refractivity contribution in [2.45, 2.75) is 25.3 Å². The minimum absolute atomic E-state index is 0.0753. The van der Waals surface area contributed by atoms with Crippen LogP contribution in [0.1, 0.15) is 23.2 Å². The van der Waals surface area contributed by atoms with Crippen LogP contribution in [0.25, 0.3) is 6.08 Å². The van der Waals surface area contributed by atoms with Gasteiger partial charge in [0.15, 0.2) is 0 Å². The highest BCUT2D eigenvalue weighted by Crippen LogP contribution is 2.19. The third-order valence-corrected chi connectivity index (χ3v) is 3.74. The molecule has 1 aliphatic carbocycles. The SMILES string of the molecule is Nc1ncc2c(n1)CCC(NC(=O)C=Cc1ccccc1)C2. The van der Waals surface area contributed by atoms with E-state index in [2.05, 4.69) is 15.3 Å². The van der Waals surface area contributed by atoms with Crippen LogP contribution in [0, 0.1) is 0 Å². The van der Waals surface area contributed by atoms with Crippen LogP contribution in [0.15, 0.2) is 42.6 Å². The summed E-state index contributed by atoms with van der Waals surface area (Å²) in [5, 5.41) is 3.03. The Morgan fingerprint density at radius 1 is 1.32 bits per heavy atom. The van der Waals surface area contributed by atoms with Crippen LogP contribution < -0.4 is 11.1 Å². The maximum atomic E-state index is 12.0. The lowest BCUT2D eigenvalue weighted by molar-refractivity contribution is -0.117. The van der Waals surface area contributed by atoms with Gasteiger partial charge in [-0.3, -0.25) is 4.79 Å². The van der Waals surface area contributed by atoms with Crippen molar-refractivity contribution in [2.24, 2.45) is 0 Å². The first kappa shape index (κ1) is 14.3. The Hall–Kier alpha value is -2.69. The molecular formula is C17H18N4O. The fraction of sp³-hybridized carbons (Fsp3) is 0.235. The van der Waals surface area contributed by atoms with E-state index in [-0.39, 0.29) is 11.9 Å². The standard InChI is InChI=1S/C17H18N4O/c18-17-19-11-13-10-14(7-8-15(13)21-17)20-16(22)9-6-12-4-2-1-3-5-12/h1-6,9,11,14H,7-8,10H2,(H,20,22)(H2,18,19,21). The Morgan fingerprint density at radius 2 is 2.14 bits per heavy atom. The molecule has 1 aliphatic rings. The van der Waals surface area contributed by atoms with Crippen LogP contribution in [-0.4, -0.2) is 21.9 Å². The monoisotopic (exact) mass is 294 g/mol. The number of rotatable bonds is 3. The van der Waals surface area contributed by atoms with E-state index >= 15 is 0 Å². The molecule has 5 nitrogen and oxygen atoms in total. The summed E-state index contributed by atoms with van der Waals surface area (Å²) < 4.78 is 0. The Balaban J connectivity index is 1.59. The number of benzene rings is 1. The fourth-order valence-corrected chi connectivity index (χ4v) is 2.63. The van der Waals surface area contributed by atoms with Gasteiger partial charge in [-0.2, -0.15) is 0 Å². The van der Waals surface area contributed by atoms with Gasteiger partial charge >= 0.3 is 0 Å². The minimum Gasteiger partial charge on any atom is -0.368 e. The molecule has 22 heavy (non-hydrogen) atoms. The molecular weight excluding hydrogens is 276 g/mol. The molecule has 0 fully saturated rings. The van der Waals surface area contributed by atoms with Crippen LogP contribution in [-0.2, 0) is 17.6 Å². The normalized spacial score (nSPS) is 17.2. The van der Waals surface area contributed by atoms with Gasteiger partial charge in [0.2, 0.25) is 11.9 Å². The number of aromatic nitrogens is 2. The molecule has 1 heterocycles. The summed E-state index contributed by atoms with van der Waals surface area (Å²) in [6.45, 7) is 0. The first-order valence-electron chi connectivity index (χ1n) is 7.34. The summed E-state index contributed by atoms with van der Waals surface area (Å²) in [4.78, 5) is 20.3. The molecule has 3 N–H and O–H groups in total. The number of nitrogens with two attached hydrogens (primary N) is 1. The highest BCUT2D eigenvalue weighted by Gasteiger charge is 2.21. The fourth-order valence-electron chi connectivity index (χ4n) is 2.63. The van der Waals surface area contributed by atoms with Gasteiger partial charge in [0.1, 0.15) is 0 Å². The van der Waals surface area contributed by atoms with E-state index in [9.17, 15) is 4.79 Å². The van der Waals surface area contributed by atoms with E-state index < -0.39 is 0 Å². The largest absolute Gasteiger partial charge is 0.368 e. The van der Waals surface area contributed by atoms with Crippen LogP contribution in [0.3, 0.4) is 0 Å². The van der Waals surface area contributed by atoms with Gasteiger partial charge in [0.25, 0.3) is 0 Å².